The number of ether oxygens (including phenoxy) is 2. The van der Waals surface area contributed by atoms with E-state index in [0.29, 0.717) is 24.3 Å². The number of hydrogen-bond donors (Lipinski definition) is 1. The second-order valence-corrected chi connectivity index (χ2v) is 6.24. The summed E-state index contributed by atoms with van der Waals surface area (Å²) >= 11 is 0. The normalized spacial score (nSPS) is 22.7. The molecular formula is C19H19NO3. The molecule has 0 unspecified atom stereocenters. The van der Waals surface area contributed by atoms with Crippen molar-refractivity contribution in [1.82, 2.24) is 5.32 Å². The summed E-state index contributed by atoms with van der Waals surface area (Å²) in [5.41, 5.74) is 1.40. The third-order valence-electron chi connectivity index (χ3n) is 4.52. The highest BCUT2D eigenvalue weighted by Crippen LogP contribution is 2.38. The number of ketones is 1. The van der Waals surface area contributed by atoms with Crippen molar-refractivity contribution in [1.29, 1.82) is 0 Å². The van der Waals surface area contributed by atoms with Gasteiger partial charge in [-0.05, 0) is 24.2 Å². The van der Waals surface area contributed by atoms with Crippen LogP contribution in [0.4, 0.5) is 0 Å². The number of carbonyl (C=O) groups is 1. The lowest BCUT2D eigenvalue weighted by Gasteiger charge is -2.34. The molecule has 1 spiro atoms. The molecule has 118 valence electrons. The van der Waals surface area contributed by atoms with E-state index in [1.807, 2.05) is 48.5 Å². The topological polar surface area (TPSA) is 47.6 Å². The van der Waals surface area contributed by atoms with Crippen LogP contribution in [-0.4, -0.2) is 24.5 Å². The summed E-state index contributed by atoms with van der Waals surface area (Å²) < 4.78 is 12.0. The molecule has 4 nitrogen and oxygen atoms in total. The SMILES string of the molecule is O=C1C[C@@]2(CCNC2)Oc2cc(OCc3ccccc3)ccc21. The van der Waals surface area contributed by atoms with Crippen molar-refractivity contribution in [3.8, 4) is 11.5 Å². The van der Waals surface area contributed by atoms with Crippen LogP contribution in [0.15, 0.2) is 48.5 Å². The fourth-order valence-corrected chi connectivity index (χ4v) is 3.26. The molecule has 2 aromatic rings. The number of fused-ring (bicyclic) bond motifs is 1. The van der Waals surface area contributed by atoms with Crippen LogP contribution < -0.4 is 14.8 Å². The molecule has 0 bridgehead atoms. The summed E-state index contributed by atoms with van der Waals surface area (Å²) in [7, 11) is 0. The van der Waals surface area contributed by atoms with Gasteiger partial charge in [-0.25, -0.2) is 0 Å². The molecule has 1 fully saturated rings. The van der Waals surface area contributed by atoms with Gasteiger partial charge in [0.1, 0.15) is 23.7 Å². The van der Waals surface area contributed by atoms with E-state index >= 15 is 0 Å². The Kier molecular flexibility index (Phi) is 3.54. The molecule has 2 aliphatic rings. The van der Waals surface area contributed by atoms with Gasteiger partial charge in [0.15, 0.2) is 5.78 Å². The minimum absolute atomic E-state index is 0.157. The van der Waals surface area contributed by atoms with Gasteiger partial charge < -0.3 is 14.8 Å². The summed E-state index contributed by atoms with van der Waals surface area (Å²) in [6.45, 7) is 2.13. The Morgan fingerprint density at radius 2 is 2.04 bits per heavy atom. The number of carbonyl (C=O) groups excluding carboxylic acids is 1. The smallest absolute Gasteiger partial charge is 0.170 e. The molecule has 1 N–H and O–H groups in total. The Bertz CT molecular complexity index is 721. The number of benzene rings is 2. The first-order valence-electron chi connectivity index (χ1n) is 7.98. The molecule has 2 heterocycles. The lowest BCUT2D eigenvalue weighted by molar-refractivity contribution is 0.0526. The molecule has 4 rings (SSSR count). The van der Waals surface area contributed by atoms with Crippen LogP contribution in [-0.2, 0) is 6.61 Å². The molecule has 2 aliphatic heterocycles. The molecule has 0 amide bonds. The zero-order valence-electron chi connectivity index (χ0n) is 12.9. The Balaban J connectivity index is 1.54. The van der Waals surface area contributed by atoms with Crippen LogP contribution in [0, 0.1) is 0 Å². The molecule has 0 radical (unpaired) electrons. The first-order chi connectivity index (χ1) is 11.2. The molecule has 0 aromatic heterocycles. The quantitative estimate of drug-likeness (QED) is 0.947. The van der Waals surface area contributed by atoms with Gasteiger partial charge in [-0.2, -0.15) is 0 Å². The number of hydrogen-bond acceptors (Lipinski definition) is 4. The minimum atomic E-state index is -0.373. The maximum Gasteiger partial charge on any atom is 0.170 e. The van der Waals surface area contributed by atoms with E-state index < -0.39 is 0 Å². The second-order valence-electron chi connectivity index (χ2n) is 6.24. The maximum absolute atomic E-state index is 12.4. The predicted molar refractivity (Wildman–Crippen MR) is 87.0 cm³/mol. The van der Waals surface area contributed by atoms with E-state index in [2.05, 4.69) is 5.32 Å². The van der Waals surface area contributed by atoms with Crippen molar-refractivity contribution in [2.45, 2.75) is 25.0 Å². The van der Waals surface area contributed by atoms with E-state index in [4.69, 9.17) is 9.47 Å². The van der Waals surface area contributed by atoms with Crippen molar-refractivity contribution >= 4 is 5.78 Å². The van der Waals surface area contributed by atoms with Crippen molar-refractivity contribution in [3.05, 3.63) is 59.7 Å². The fraction of sp³-hybridized carbons (Fsp3) is 0.316. The lowest BCUT2D eigenvalue weighted by atomic mass is 9.89. The molecule has 1 atom stereocenters. The average Bonchev–Trinajstić information content (AvgIpc) is 3.01. The van der Waals surface area contributed by atoms with E-state index in [1.54, 1.807) is 0 Å². The van der Waals surface area contributed by atoms with Crippen LogP contribution in [0.2, 0.25) is 0 Å². The number of rotatable bonds is 3. The van der Waals surface area contributed by atoms with E-state index in [9.17, 15) is 4.79 Å². The van der Waals surface area contributed by atoms with Crippen molar-refractivity contribution in [2.75, 3.05) is 13.1 Å². The van der Waals surface area contributed by atoms with Gasteiger partial charge in [0.2, 0.25) is 0 Å². The highest BCUT2D eigenvalue weighted by molar-refractivity contribution is 6.00. The van der Waals surface area contributed by atoms with Gasteiger partial charge in [-0.3, -0.25) is 4.79 Å². The van der Waals surface area contributed by atoms with Gasteiger partial charge in [0.25, 0.3) is 0 Å². The largest absolute Gasteiger partial charge is 0.489 e. The summed E-state index contributed by atoms with van der Waals surface area (Å²) in [5, 5.41) is 3.29. The molecule has 2 aromatic carbocycles. The monoisotopic (exact) mass is 309 g/mol. The first-order valence-corrected chi connectivity index (χ1v) is 7.98. The zero-order valence-corrected chi connectivity index (χ0v) is 12.9. The van der Waals surface area contributed by atoms with Gasteiger partial charge in [0.05, 0.1) is 12.0 Å². The highest BCUT2D eigenvalue weighted by atomic mass is 16.5. The standard InChI is InChI=1S/C19H19NO3/c21-17-11-19(8-9-20-13-19)23-18-10-15(6-7-16(17)18)22-12-14-4-2-1-3-5-14/h1-7,10,20H,8-9,11-13H2/t19-/m1/s1. The third kappa shape index (κ3) is 2.82. The molecule has 23 heavy (non-hydrogen) atoms. The second kappa shape index (κ2) is 5.70. The summed E-state index contributed by atoms with van der Waals surface area (Å²) in [6.07, 6.45) is 1.32. The molecule has 0 aliphatic carbocycles. The maximum atomic E-state index is 12.4. The lowest BCUT2D eigenvalue weighted by Crippen LogP contribution is -2.43. The summed E-state index contributed by atoms with van der Waals surface area (Å²) in [5.74, 6) is 1.53. The number of nitrogens with one attached hydrogen (secondary N) is 1. The van der Waals surface area contributed by atoms with Crippen molar-refractivity contribution in [2.24, 2.45) is 0 Å². The Morgan fingerprint density at radius 1 is 1.17 bits per heavy atom. The minimum Gasteiger partial charge on any atom is -0.489 e. The van der Waals surface area contributed by atoms with E-state index in [1.165, 1.54) is 0 Å². The zero-order chi connectivity index (χ0) is 15.7. The summed E-state index contributed by atoms with van der Waals surface area (Å²) in [4.78, 5) is 12.4. The fourth-order valence-electron chi connectivity index (χ4n) is 3.26. The molecular weight excluding hydrogens is 290 g/mol. The van der Waals surface area contributed by atoms with Crippen LogP contribution in [0.25, 0.3) is 0 Å². The van der Waals surface area contributed by atoms with Gasteiger partial charge in [0, 0.05) is 19.0 Å². The van der Waals surface area contributed by atoms with Gasteiger partial charge >= 0.3 is 0 Å². The first kappa shape index (κ1) is 14.3. The van der Waals surface area contributed by atoms with Crippen molar-refractivity contribution < 1.29 is 14.3 Å². The van der Waals surface area contributed by atoms with Gasteiger partial charge in [-0.15, -0.1) is 0 Å². The Morgan fingerprint density at radius 3 is 2.83 bits per heavy atom. The van der Waals surface area contributed by atoms with Crippen LogP contribution in [0.1, 0.15) is 28.8 Å². The summed E-state index contributed by atoms with van der Waals surface area (Å²) in [6, 6.07) is 15.5. The predicted octanol–water partition coefficient (Wildman–Crippen LogP) is 2.96. The molecule has 4 heteroatoms. The molecule has 0 saturated carbocycles. The Hall–Kier alpha value is -2.33. The van der Waals surface area contributed by atoms with Crippen LogP contribution >= 0.6 is 0 Å². The highest BCUT2D eigenvalue weighted by Gasteiger charge is 2.42. The number of Topliss-reactive ketones (excluding diaryl/α,β-unsaturated/α-hetero) is 1. The van der Waals surface area contributed by atoms with E-state index in [0.717, 1.165) is 30.8 Å². The van der Waals surface area contributed by atoms with E-state index in [-0.39, 0.29) is 11.4 Å². The molecule has 1 saturated heterocycles. The Labute approximate surface area is 135 Å². The third-order valence-corrected chi connectivity index (χ3v) is 4.52. The van der Waals surface area contributed by atoms with Crippen LogP contribution in [0.3, 0.4) is 0 Å². The van der Waals surface area contributed by atoms with Gasteiger partial charge in [-0.1, -0.05) is 30.3 Å². The van der Waals surface area contributed by atoms with Crippen molar-refractivity contribution in [3.63, 3.8) is 0 Å². The average molecular weight is 309 g/mol. The van der Waals surface area contributed by atoms with Crippen LogP contribution in [0.5, 0.6) is 11.5 Å².